The molecule has 0 saturated heterocycles. The molecular formula is C32H35ClN4O7. The van der Waals surface area contributed by atoms with E-state index in [4.69, 9.17) is 21.1 Å². The fourth-order valence-electron chi connectivity index (χ4n) is 4.56. The average Bonchev–Trinajstić information content (AvgIpc) is 3.02. The zero-order valence-corrected chi connectivity index (χ0v) is 25.0. The molecule has 0 aromatic heterocycles. The maximum Gasteiger partial charge on any atom is 0.255 e. The predicted octanol–water partition coefficient (Wildman–Crippen LogP) is 2.70. The number of phenolic OH excluding ortho intramolecular Hbond substituents is 1. The third-order valence-electron chi connectivity index (χ3n) is 6.97. The molecule has 0 unspecified atom stereocenters. The van der Waals surface area contributed by atoms with E-state index < -0.39 is 29.8 Å². The van der Waals surface area contributed by atoms with Crippen LogP contribution < -0.4 is 25.4 Å². The molecule has 0 saturated carbocycles. The fourth-order valence-corrected chi connectivity index (χ4v) is 4.69. The van der Waals surface area contributed by atoms with E-state index in [0.717, 1.165) is 5.56 Å². The maximum absolute atomic E-state index is 13.4. The van der Waals surface area contributed by atoms with Crippen LogP contribution in [0.4, 0.5) is 0 Å². The molecule has 0 fully saturated rings. The number of carbonyl (C=O) groups excluding carboxylic acids is 4. The number of fused-ring (bicyclic) bond motifs is 1. The molecule has 0 radical (unpaired) electrons. The highest BCUT2D eigenvalue weighted by Crippen LogP contribution is 2.19. The van der Waals surface area contributed by atoms with Crippen LogP contribution in [0.25, 0.3) is 0 Å². The van der Waals surface area contributed by atoms with Crippen molar-refractivity contribution in [2.75, 3.05) is 33.4 Å². The van der Waals surface area contributed by atoms with Crippen molar-refractivity contribution in [2.45, 2.75) is 31.3 Å². The van der Waals surface area contributed by atoms with E-state index in [9.17, 15) is 24.3 Å². The molecule has 2 atom stereocenters. The number of nitrogens with one attached hydrogen (secondary N) is 3. The van der Waals surface area contributed by atoms with Crippen LogP contribution in [0, 0.1) is 0 Å². The minimum Gasteiger partial charge on any atom is -0.508 e. The first-order chi connectivity index (χ1) is 21.2. The summed E-state index contributed by atoms with van der Waals surface area (Å²) in [6.45, 7) is 0.596. The molecule has 0 aliphatic carbocycles. The first-order valence-corrected chi connectivity index (χ1v) is 14.6. The quantitative estimate of drug-likeness (QED) is 0.296. The van der Waals surface area contributed by atoms with E-state index in [1.807, 2.05) is 0 Å². The number of amides is 4. The molecule has 4 rings (SSSR count). The third-order valence-corrected chi connectivity index (χ3v) is 7.22. The highest BCUT2D eigenvalue weighted by molar-refractivity contribution is 6.30. The smallest absolute Gasteiger partial charge is 0.255 e. The first kappa shape index (κ1) is 32.2. The average molecular weight is 623 g/mol. The van der Waals surface area contributed by atoms with Crippen LogP contribution in [0.5, 0.6) is 17.2 Å². The molecule has 4 amide bonds. The first-order valence-electron chi connectivity index (χ1n) is 14.2. The van der Waals surface area contributed by atoms with Crippen LogP contribution in [0.3, 0.4) is 0 Å². The van der Waals surface area contributed by atoms with Gasteiger partial charge in [-0.25, -0.2) is 0 Å². The lowest BCUT2D eigenvalue weighted by Crippen LogP contribution is -2.50. The topological polar surface area (TPSA) is 146 Å². The number of rotatable bonds is 7. The van der Waals surface area contributed by atoms with Gasteiger partial charge in [0.05, 0.1) is 18.7 Å². The minimum absolute atomic E-state index is 0.0273. The summed E-state index contributed by atoms with van der Waals surface area (Å²) in [6.07, 6.45) is 0.0223. The minimum atomic E-state index is -1.06. The van der Waals surface area contributed by atoms with Gasteiger partial charge in [0.1, 0.15) is 42.5 Å². The SMILES string of the molecule is CN1CCOc2ccccc2C(=O)N[C@H](C(=O)NCCOc2ccc(Cl)cc2)CCC(=O)N[C@@H](Cc2ccc(O)cc2)C1=O. The van der Waals surface area contributed by atoms with Crippen molar-refractivity contribution < 1.29 is 33.8 Å². The van der Waals surface area contributed by atoms with Crippen LogP contribution in [-0.4, -0.2) is 79.1 Å². The van der Waals surface area contributed by atoms with Crippen LogP contribution in [0.15, 0.2) is 72.8 Å². The van der Waals surface area contributed by atoms with Gasteiger partial charge < -0.3 is 35.4 Å². The lowest BCUT2D eigenvalue weighted by atomic mass is 10.0. The Morgan fingerprint density at radius 3 is 2.52 bits per heavy atom. The maximum atomic E-state index is 13.4. The lowest BCUT2D eigenvalue weighted by Gasteiger charge is -2.25. The van der Waals surface area contributed by atoms with E-state index in [0.29, 0.717) is 16.5 Å². The summed E-state index contributed by atoms with van der Waals surface area (Å²) in [5.74, 6) is -0.855. The van der Waals surface area contributed by atoms with Gasteiger partial charge >= 0.3 is 0 Å². The Bertz CT molecular complexity index is 1450. The summed E-state index contributed by atoms with van der Waals surface area (Å²) >= 11 is 5.90. The summed E-state index contributed by atoms with van der Waals surface area (Å²) in [5.41, 5.74) is 0.957. The van der Waals surface area contributed by atoms with E-state index >= 15 is 0 Å². The van der Waals surface area contributed by atoms with Crippen molar-refractivity contribution in [2.24, 2.45) is 0 Å². The third kappa shape index (κ3) is 9.37. The predicted molar refractivity (Wildman–Crippen MR) is 164 cm³/mol. The van der Waals surface area contributed by atoms with Gasteiger partial charge in [-0.2, -0.15) is 0 Å². The number of para-hydroxylation sites is 1. The van der Waals surface area contributed by atoms with Crippen LogP contribution >= 0.6 is 11.6 Å². The zero-order valence-electron chi connectivity index (χ0n) is 24.3. The standard InChI is InChI=1S/C32H35ClN4O7/c1-37-17-19-44-28-5-3-2-4-25(28)30(40)36-26(31(41)34-16-18-43-24-12-8-22(33)9-13-24)14-15-29(39)35-27(32(37)42)20-21-6-10-23(38)11-7-21/h2-13,26-27,38H,14-20H2,1H3,(H,34,41)(H,35,39)(H,36,40)/t26-,27-/m0/s1. The normalized spacial score (nSPS) is 18.0. The van der Waals surface area contributed by atoms with Gasteiger partial charge in [0, 0.05) is 24.9 Å². The Balaban J connectivity index is 1.49. The van der Waals surface area contributed by atoms with E-state index in [1.54, 1.807) is 67.7 Å². The molecule has 1 aliphatic heterocycles. The number of benzene rings is 3. The summed E-state index contributed by atoms with van der Waals surface area (Å²) in [4.78, 5) is 54.4. The number of likely N-dealkylation sites (N-methyl/N-ethyl adjacent to an activating group) is 1. The van der Waals surface area contributed by atoms with Gasteiger partial charge in [-0.05, 0) is 60.5 Å². The molecular weight excluding hydrogens is 588 g/mol. The molecule has 1 aliphatic rings. The van der Waals surface area contributed by atoms with Crippen LogP contribution in [0.2, 0.25) is 5.02 Å². The fraction of sp³-hybridized carbons (Fsp3) is 0.312. The molecule has 3 aromatic rings. The molecule has 0 spiro atoms. The largest absolute Gasteiger partial charge is 0.508 e. The van der Waals surface area contributed by atoms with E-state index in [2.05, 4.69) is 16.0 Å². The van der Waals surface area contributed by atoms with Crippen molar-refractivity contribution >= 4 is 35.2 Å². The van der Waals surface area contributed by atoms with E-state index in [-0.39, 0.29) is 62.8 Å². The number of hydrogen-bond acceptors (Lipinski definition) is 7. The molecule has 44 heavy (non-hydrogen) atoms. The Hall–Kier alpha value is -4.77. The Morgan fingerprint density at radius 1 is 1.05 bits per heavy atom. The lowest BCUT2D eigenvalue weighted by molar-refractivity contribution is -0.135. The Kier molecular flexibility index (Phi) is 11.4. The van der Waals surface area contributed by atoms with Crippen molar-refractivity contribution in [1.82, 2.24) is 20.9 Å². The second-order valence-electron chi connectivity index (χ2n) is 10.3. The van der Waals surface area contributed by atoms with Gasteiger partial charge in [0.15, 0.2) is 0 Å². The molecule has 12 heteroatoms. The summed E-state index contributed by atoms with van der Waals surface area (Å²) in [6, 6.07) is 17.8. The summed E-state index contributed by atoms with van der Waals surface area (Å²) < 4.78 is 11.5. The molecule has 4 N–H and O–H groups in total. The second-order valence-corrected chi connectivity index (χ2v) is 10.7. The van der Waals surface area contributed by atoms with Crippen molar-refractivity contribution in [3.05, 3.63) is 88.9 Å². The zero-order chi connectivity index (χ0) is 31.5. The number of carbonyl (C=O) groups is 4. The van der Waals surface area contributed by atoms with Gasteiger partial charge in [-0.1, -0.05) is 35.9 Å². The number of aromatic hydroxyl groups is 1. The molecule has 3 aromatic carbocycles. The molecule has 11 nitrogen and oxygen atoms in total. The Morgan fingerprint density at radius 2 is 1.77 bits per heavy atom. The van der Waals surface area contributed by atoms with Gasteiger partial charge in [-0.15, -0.1) is 0 Å². The van der Waals surface area contributed by atoms with Gasteiger partial charge in [0.25, 0.3) is 5.91 Å². The van der Waals surface area contributed by atoms with E-state index in [1.165, 1.54) is 17.0 Å². The van der Waals surface area contributed by atoms with Crippen molar-refractivity contribution in [3.8, 4) is 17.2 Å². The number of halogens is 1. The van der Waals surface area contributed by atoms with Gasteiger partial charge in [0.2, 0.25) is 17.7 Å². The molecule has 0 bridgehead atoms. The number of phenols is 1. The number of ether oxygens (including phenoxy) is 2. The summed E-state index contributed by atoms with van der Waals surface area (Å²) in [5, 5.41) is 18.5. The Labute approximate surface area is 260 Å². The van der Waals surface area contributed by atoms with Crippen LogP contribution in [-0.2, 0) is 20.8 Å². The second kappa shape index (κ2) is 15.6. The molecule has 232 valence electrons. The highest BCUT2D eigenvalue weighted by atomic mass is 35.5. The van der Waals surface area contributed by atoms with Crippen molar-refractivity contribution in [3.63, 3.8) is 0 Å². The monoisotopic (exact) mass is 622 g/mol. The number of nitrogens with zero attached hydrogens (tertiary/aromatic N) is 1. The number of hydrogen-bond donors (Lipinski definition) is 4. The molecule has 1 heterocycles. The summed E-state index contributed by atoms with van der Waals surface area (Å²) in [7, 11) is 1.61. The van der Waals surface area contributed by atoms with Crippen LogP contribution in [0.1, 0.15) is 28.8 Å². The van der Waals surface area contributed by atoms with Gasteiger partial charge in [-0.3, -0.25) is 19.2 Å². The van der Waals surface area contributed by atoms with Crippen molar-refractivity contribution in [1.29, 1.82) is 0 Å². The highest BCUT2D eigenvalue weighted by Gasteiger charge is 2.28.